The van der Waals surface area contributed by atoms with E-state index >= 15 is 0 Å². The lowest BCUT2D eigenvalue weighted by Gasteiger charge is -2.38. The predicted molar refractivity (Wildman–Crippen MR) is 144 cm³/mol. The molecule has 2 unspecified atom stereocenters. The summed E-state index contributed by atoms with van der Waals surface area (Å²) in [5.41, 5.74) is 1.49. The molecule has 8 nitrogen and oxygen atoms in total. The zero-order valence-electron chi connectivity index (χ0n) is 22.6. The van der Waals surface area contributed by atoms with Crippen LogP contribution in [0.5, 0.6) is 17.2 Å². The molecule has 2 saturated heterocycles. The van der Waals surface area contributed by atoms with Gasteiger partial charge in [-0.1, -0.05) is 30.3 Å². The van der Waals surface area contributed by atoms with E-state index in [1.54, 1.807) is 0 Å². The van der Waals surface area contributed by atoms with Crippen LogP contribution in [0, 0.1) is 0 Å². The molecule has 2 aliphatic rings. The molecule has 8 heteroatoms. The molecule has 1 amide bonds. The average molecular weight is 523 g/mol. The smallest absolute Gasteiger partial charge is 0.239 e. The van der Waals surface area contributed by atoms with Crippen LogP contribution < -0.4 is 14.2 Å². The number of amides is 1. The van der Waals surface area contributed by atoms with Crippen molar-refractivity contribution in [3.63, 3.8) is 0 Å². The van der Waals surface area contributed by atoms with Crippen LogP contribution in [-0.2, 0) is 16.0 Å². The van der Waals surface area contributed by atoms with Crippen molar-refractivity contribution in [2.45, 2.75) is 57.0 Å². The van der Waals surface area contributed by atoms with E-state index in [-0.39, 0.29) is 30.1 Å². The molecule has 2 heterocycles. The lowest BCUT2D eigenvalue weighted by Crippen LogP contribution is -2.53. The quantitative estimate of drug-likeness (QED) is 0.237. The normalized spacial score (nSPS) is 19.6. The van der Waals surface area contributed by atoms with Crippen molar-refractivity contribution in [1.82, 2.24) is 9.80 Å². The highest BCUT2D eigenvalue weighted by molar-refractivity contribution is 6.44. The standard InChI is InChI=1S/C30H38N2O6/c1-36-26-18-22(19-27(37-2)29(26)38-3)28(34)25(33)20-32-23-13-9-14-24(32)30(35)31(17-15-23)16-8-7-12-21-10-5-4-6-11-21/h4-6,10-11,18-19,23-24H,7-9,12-17,20H2,1-3H3. The molecule has 0 N–H and O–H groups in total. The van der Waals surface area contributed by atoms with Crippen molar-refractivity contribution in [2.75, 3.05) is 41.0 Å². The maximum absolute atomic E-state index is 13.5. The number of piperidine rings is 1. The highest BCUT2D eigenvalue weighted by Crippen LogP contribution is 2.38. The van der Waals surface area contributed by atoms with Gasteiger partial charge in [-0.25, -0.2) is 0 Å². The minimum atomic E-state index is -0.628. The summed E-state index contributed by atoms with van der Waals surface area (Å²) in [6.45, 7) is 1.34. The van der Waals surface area contributed by atoms with E-state index in [9.17, 15) is 14.4 Å². The number of aryl methyl sites for hydroxylation is 1. The minimum absolute atomic E-state index is 0.0710. The monoisotopic (exact) mass is 522 g/mol. The van der Waals surface area contributed by atoms with Gasteiger partial charge < -0.3 is 19.1 Å². The van der Waals surface area contributed by atoms with Crippen LogP contribution in [0.2, 0.25) is 0 Å². The number of carbonyl (C=O) groups is 3. The van der Waals surface area contributed by atoms with E-state index in [1.807, 2.05) is 15.9 Å². The molecule has 38 heavy (non-hydrogen) atoms. The van der Waals surface area contributed by atoms with Gasteiger partial charge >= 0.3 is 0 Å². The molecule has 0 aliphatic carbocycles. The first-order valence-corrected chi connectivity index (χ1v) is 13.4. The Bertz CT molecular complexity index is 1110. The van der Waals surface area contributed by atoms with Crippen molar-refractivity contribution in [3.8, 4) is 17.2 Å². The zero-order chi connectivity index (χ0) is 27.1. The molecule has 0 radical (unpaired) electrons. The fourth-order valence-electron chi connectivity index (χ4n) is 5.68. The van der Waals surface area contributed by atoms with Crippen molar-refractivity contribution < 1.29 is 28.6 Å². The number of hydrogen-bond acceptors (Lipinski definition) is 7. The Kier molecular flexibility index (Phi) is 9.39. The van der Waals surface area contributed by atoms with Crippen LogP contribution in [0.15, 0.2) is 42.5 Å². The van der Waals surface area contributed by atoms with Gasteiger partial charge in [0.2, 0.25) is 23.2 Å². The van der Waals surface area contributed by atoms with Gasteiger partial charge in [0.1, 0.15) is 0 Å². The van der Waals surface area contributed by atoms with Gasteiger partial charge in [0, 0.05) is 24.7 Å². The van der Waals surface area contributed by atoms with Gasteiger partial charge in [-0.3, -0.25) is 19.3 Å². The van der Waals surface area contributed by atoms with Gasteiger partial charge in [-0.15, -0.1) is 0 Å². The van der Waals surface area contributed by atoms with Gasteiger partial charge in [0.25, 0.3) is 0 Å². The number of Topliss-reactive ketones (excluding diaryl/α,β-unsaturated/α-hetero) is 2. The summed E-state index contributed by atoms with van der Waals surface area (Å²) in [5.74, 6) is -0.104. The van der Waals surface area contributed by atoms with E-state index in [4.69, 9.17) is 14.2 Å². The number of hydrogen-bond donors (Lipinski definition) is 0. The molecule has 0 aromatic heterocycles. The Morgan fingerprint density at radius 1 is 0.921 bits per heavy atom. The fourth-order valence-corrected chi connectivity index (χ4v) is 5.68. The molecule has 4 rings (SSSR count). The van der Waals surface area contributed by atoms with Gasteiger partial charge in [0.15, 0.2) is 11.5 Å². The highest BCUT2D eigenvalue weighted by Gasteiger charge is 2.41. The maximum atomic E-state index is 13.5. The number of fused-ring (bicyclic) bond motifs is 2. The molecular formula is C30H38N2O6. The number of methoxy groups -OCH3 is 3. The van der Waals surface area contributed by atoms with Crippen LogP contribution in [0.25, 0.3) is 0 Å². The second-order valence-corrected chi connectivity index (χ2v) is 10.00. The van der Waals surface area contributed by atoms with E-state index in [0.29, 0.717) is 30.2 Å². The molecule has 2 aromatic rings. The number of ketones is 2. The van der Waals surface area contributed by atoms with Crippen LogP contribution >= 0.6 is 0 Å². The van der Waals surface area contributed by atoms with Crippen LogP contribution in [-0.4, -0.2) is 80.3 Å². The number of unbranched alkanes of at least 4 members (excludes halogenated alkanes) is 1. The Balaban J connectivity index is 1.41. The third-order valence-corrected chi connectivity index (χ3v) is 7.71. The molecule has 0 saturated carbocycles. The molecule has 0 spiro atoms. The summed E-state index contributed by atoms with van der Waals surface area (Å²) in [4.78, 5) is 43.9. The first-order chi connectivity index (χ1) is 18.5. The Morgan fingerprint density at radius 3 is 2.29 bits per heavy atom. The molecule has 2 aromatic carbocycles. The van der Waals surface area contributed by atoms with Gasteiger partial charge in [-0.05, 0) is 62.6 Å². The molecule has 2 bridgehead atoms. The fraction of sp³-hybridized carbons (Fsp3) is 0.500. The topological polar surface area (TPSA) is 85.4 Å². The first kappa shape index (κ1) is 27.6. The highest BCUT2D eigenvalue weighted by atomic mass is 16.5. The number of carbonyl (C=O) groups excluding carboxylic acids is 3. The molecule has 204 valence electrons. The van der Waals surface area contributed by atoms with Crippen molar-refractivity contribution in [1.29, 1.82) is 0 Å². The Hall–Kier alpha value is -3.39. The maximum Gasteiger partial charge on any atom is 0.239 e. The summed E-state index contributed by atoms with van der Waals surface area (Å²) >= 11 is 0. The second-order valence-electron chi connectivity index (χ2n) is 10.00. The summed E-state index contributed by atoms with van der Waals surface area (Å²) < 4.78 is 16.0. The van der Waals surface area contributed by atoms with E-state index in [1.165, 1.54) is 39.0 Å². The van der Waals surface area contributed by atoms with Crippen LogP contribution in [0.4, 0.5) is 0 Å². The van der Waals surface area contributed by atoms with E-state index in [2.05, 4.69) is 24.3 Å². The van der Waals surface area contributed by atoms with E-state index < -0.39 is 11.6 Å². The van der Waals surface area contributed by atoms with Crippen molar-refractivity contribution in [2.24, 2.45) is 0 Å². The number of rotatable bonds is 12. The summed E-state index contributed by atoms with van der Waals surface area (Å²) in [7, 11) is 4.41. The molecule has 2 fully saturated rings. The van der Waals surface area contributed by atoms with Gasteiger partial charge in [0.05, 0.1) is 33.9 Å². The summed E-state index contributed by atoms with van der Waals surface area (Å²) in [6, 6.07) is 13.1. The van der Waals surface area contributed by atoms with E-state index in [0.717, 1.165) is 45.1 Å². The summed E-state index contributed by atoms with van der Waals surface area (Å²) in [6.07, 6.45) is 6.36. The Morgan fingerprint density at radius 2 is 1.63 bits per heavy atom. The molecule has 2 atom stereocenters. The van der Waals surface area contributed by atoms with Crippen LogP contribution in [0.1, 0.15) is 54.4 Å². The Labute approximate surface area is 224 Å². The second kappa shape index (κ2) is 12.9. The largest absolute Gasteiger partial charge is 0.493 e. The third-order valence-electron chi connectivity index (χ3n) is 7.71. The lowest BCUT2D eigenvalue weighted by atomic mass is 9.93. The number of ether oxygens (including phenoxy) is 3. The molecular weight excluding hydrogens is 484 g/mol. The lowest BCUT2D eigenvalue weighted by molar-refractivity contribution is -0.137. The minimum Gasteiger partial charge on any atom is -0.493 e. The number of nitrogens with zero attached hydrogens (tertiary/aromatic N) is 2. The SMILES string of the molecule is COc1cc(C(=O)C(=O)CN2C3CCCC2C(=O)N(CCCCc2ccccc2)CC3)cc(OC)c1OC. The number of benzene rings is 2. The van der Waals surface area contributed by atoms with Crippen molar-refractivity contribution >= 4 is 17.5 Å². The average Bonchev–Trinajstić information content (AvgIpc) is 3.01. The van der Waals surface area contributed by atoms with Crippen LogP contribution in [0.3, 0.4) is 0 Å². The van der Waals surface area contributed by atoms with Gasteiger partial charge in [-0.2, -0.15) is 0 Å². The zero-order valence-corrected chi connectivity index (χ0v) is 22.6. The first-order valence-electron chi connectivity index (χ1n) is 13.4. The predicted octanol–water partition coefficient (Wildman–Crippen LogP) is 3.94. The third kappa shape index (κ3) is 6.18. The van der Waals surface area contributed by atoms with Crippen molar-refractivity contribution in [3.05, 3.63) is 53.6 Å². The summed E-state index contributed by atoms with van der Waals surface area (Å²) in [5, 5.41) is 0. The molecule has 2 aliphatic heterocycles.